The van der Waals surface area contributed by atoms with Crippen molar-refractivity contribution in [1.82, 2.24) is 9.55 Å². The van der Waals surface area contributed by atoms with Gasteiger partial charge in [0.25, 0.3) is 5.56 Å². The molecule has 1 aliphatic rings. The monoisotopic (exact) mass is 236 g/mol. The minimum absolute atomic E-state index is 0. The number of ether oxygens (including phenoxy) is 1. The van der Waals surface area contributed by atoms with Crippen LogP contribution in [0.15, 0.2) is 15.8 Å². The number of nitrogens with zero attached hydrogens (tertiary/aromatic N) is 1. The largest absolute Gasteiger partial charge is 1.00 e. The van der Waals surface area contributed by atoms with E-state index in [1.807, 2.05) is 4.98 Å². The first-order chi connectivity index (χ1) is 6.68. The van der Waals surface area contributed by atoms with Crippen LogP contribution in [0.3, 0.4) is 0 Å². The molecule has 1 atom stereocenters. The minimum atomic E-state index is -0.996. The first kappa shape index (κ1) is 11.9. The summed E-state index contributed by atoms with van der Waals surface area (Å²) in [7, 11) is 0. The van der Waals surface area contributed by atoms with Gasteiger partial charge in [-0.15, -0.1) is 0 Å². The highest BCUT2D eigenvalue weighted by Gasteiger charge is 2.19. The van der Waals surface area contributed by atoms with Gasteiger partial charge in [0, 0.05) is 6.61 Å². The number of hydrogen-bond acceptors (Lipinski definition) is 3. The van der Waals surface area contributed by atoms with Gasteiger partial charge in [-0.3, -0.25) is 14.3 Å². The first-order valence-corrected chi connectivity index (χ1v) is 4.31. The molecule has 1 saturated heterocycles. The van der Waals surface area contributed by atoms with E-state index in [0.29, 0.717) is 13.0 Å². The van der Waals surface area contributed by atoms with E-state index < -0.39 is 23.3 Å². The number of aromatic amines is 1. The molecule has 2 heterocycles. The molecule has 5 nitrogen and oxygen atoms in total. The van der Waals surface area contributed by atoms with Crippen molar-refractivity contribution in [3.8, 4) is 0 Å². The van der Waals surface area contributed by atoms with Crippen LogP contribution in [-0.4, -0.2) is 16.2 Å². The first-order valence-electron chi connectivity index (χ1n) is 4.31. The summed E-state index contributed by atoms with van der Waals surface area (Å²) in [5, 5.41) is 0. The van der Waals surface area contributed by atoms with Crippen molar-refractivity contribution < 1.29 is 23.0 Å². The summed E-state index contributed by atoms with van der Waals surface area (Å²) in [6.07, 6.45) is 1.93. The van der Waals surface area contributed by atoms with Crippen LogP contribution in [0.4, 0.5) is 4.39 Å². The zero-order valence-corrected chi connectivity index (χ0v) is 8.46. The van der Waals surface area contributed by atoms with Crippen molar-refractivity contribution in [2.75, 3.05) is 6.61 Å². The molecule has 1 N–H and O–H groups in total. The van der Waals surface area contributed by atoms with Gasteiger partial charge in [0.2, 0.25) is 5.82 Å². The number of H-pyrrole nitrogens is 1. The number of aromatic nitrogens is 2. The summed E-state index contributed by atoms with van der Waals surface area (Å²) in [5.74, 6) is -0.972. The predicted molar refractivity (Wildman–Crippen MR) is 46.6 cm³/mol. The van der Waals surface area contributed by atoms with Crippen molar-refractivity contribution in [2.24, 2.45) is 0 Å². The van der Waals surface area contributed by atoms with E-state index in [1.54, 1.807) is 0 Å². The number of hydrogen-bond donors (Lipinski definition) is 1. The normalized spacial score (nSPS) is 19.9. The van der Waals surface area contributed by atoms with Gasteiger partial charge in [-0.25, -0.2) is 4.79 Å². The Morgan fingerprint density at radius 1 is 1.60 bits per heavy atom. The Bertz CT molecular complexity index is 455. The quantitative estimate of drug-likeness (QED) is 0.569. The fourth-order valence-electron chi connectivity index (χ4n) is 1.45. The van der Waals surface area contributed by atoms with Crippen LogP contribution >= 0.6 is 0 Å². The predicted octanol–water partition coefficient (Wildman–Crippen LogP) is -2.90. The van der Waals surface area contributed by atoms with Crippen LogP contribution in [0.5, 0.6) is 0 Å². The molecule has 15 heavy (non-hydrogen) atoms. The molecule has 0 amide bonds. The average Bonchev–Trinajstić information content (AvgIpc) is 2.64. The fraction of sp³-hybridized carbons (Fsp3) is 0.500. The molecule has 2 rings (SSSR count). The second kappa shape index (κ2) is 4.59. The van der Waals surface area contributed by atoms with Crippen molar-refractivity contribution in [3.63, 3.8) is 0 Å². The summed E-state index contributed by atoms with van der Waals surface area (Å²) in [6.45, 7) is 0.553. The van der Waals surface area contributed by atoms with Crippen LogP contribution in [0.1, 0.15) is 20.5 Å². The number of rotatable bonds is 1. The third kappa shape index (κ3) is 2.27. The van der Waals surface area contributed by atoms with E-state index in [2.05, 4.69) is 0 Å². The third-order valence-corrected chi connectivity index (χ3v) is 2.14. The zero-order chi connectivity index (χ0) is 10.1. The number of halogens is 2. The summed E-state index contributed by atoms with van der Waals surface area (Å²) < 4.78 is 19.1. The lowest BCUT2D eigenvalue weighted by Crippen LogP contribution is -3.00. The Morgan fingerprint density at radius 3 is 2.93 bits per heavy atom. The van der Waals surface area contributed by atoms with Crippen molar-refractivity contribution in [3.05, 3.63) is 32.9 Å². The van der Waals surface area contributed by atoms with E-state index in [1.165, 1.54) is 0 Å². The van der Waals surface area contributed by atoms with E-state index >= 15 is 0 Å². The number of nitrogens with one attached hydrogen (secondary N) is 1. The van der Waals surface area contributed by atoms with Gasteiger partial charge in [-0.1, -0.05) is 0 Å². The zero-order valence-electron chi connectivity index (χ0n) is 8.70. The molecule has 0 unspecified atom stereocenters. The van der Waals surface area contributed by atoms with Gasteiger partial charge in [-0.2, -0.15) is 4.39 Å². The van der Waals surface area contributed by atoms with Gasteiger partial charge in [-0.05, 0) is 12.8 Å². The lowest BCUT2D eigenvalue weighted by Gasteiger charge is -2.11. The third-order valence-electron chi connectivity index (χ3n) is 2.14. The van der Waals surface area contributed by atoms with Crippen molar-refractivity contribution in [2.45, 2.75) is 19.1 Å². The SMILES string of the molecule is O=c1[nH]c(=O)n([C@H]2CCCO2)cc1F.[Cl-].[H+]. The van der Waals surface area contributed by atoms with Gasteiger partial charge >= 0.3 is 7.12 Å². The molecule has 0 bridgehead atoms. The highest BCUT2D eigenvalue weighted by Crippen LogP contribution is 2.20. The van der Waals surface area contributed by atoms with Crippen LogP contribution in [0, 0.1) is 5.82 Å². The summed E-state index contributed by atoms with van der Waals surface area (Å²) in [6, 6.07) is 0. The maximum atomic E-state index is 12.9. The van der Waals surface area contributed by atoms with Gasteiger partial charge in [0.1, 0.15) is 6.23 Å². The molecule has 84 valence electrons. The molecule has 0 spiro atoms. The molecule has 0 aliphatic carbocycles. The summed E-state index contributed by atoms with van der Waals surface area (Å²) >= 11 is 0. The highest BCUT2D eigenvalue weighted by molar-refractivity contribution is 4.88. The van der Waals surface area contributed by atoms with E-state index in [-0.39, 0.29) is 13.8 Å². The average molecular weight is 237 g/mol. The second-order valence-electron chi connectivity index (χ2n) is 3.11. The highest BCUT2D eigenvalue weighted by atomic mass is 35.5. The Morgan fingerprint density at radius 2 is 2.33 bits per heavy atom. The molecule has 0 aromatic carbocycles. The van der Waals surface area contributed by atoms with Crippen molar-refractivity contribution in [1.29, 1.82) is 0 Å². The van der Waals surface area contributed by atoms with Crippen LogP contribution in [-0.2, 0) is 4.74 Å². The van der Waals surface area contributed by atoms with E-state index in [4.69, 9.17) is 4.74 Å². The Balaban J connectivity index is 0.00000112. The Hall–Kier alpha value is -1.14. The molecule has 1 aromatic heterocycles. The molecule has 1 aromatic rings. The smallest absolute Gasteiger partial charge is 1.00 e. The fourth-order valence-corrected chi connectivity index (χ4v) is 1.45. The minimum Gasteiger partial charge on any atom is -1.00 e. The Labute approximate surface area is 91.8 Å². The molecule has 7 heteroatoms. The topological polar surface area (TPSA) is 64.1 Å². The molecule has 1 aliphatic heterocycles. The molecular weight excluding hydrogens is 227 g/mol. The molecule has 1 fully saturated rings. The second-order valence-corrected chi connectivity index (χ2v) is 3.11. The molecule has 0 saturated carbocycles. The van der Waals surface area contributed by atoms with Crippen LogP contribution in [0.25, 0.3) is 0 Å². The maximum absolute atomic E-state index is 12.9. The van der Waals surface area contributed by atoms with Gasteiger partial charge in [0.15, 0.2) is 0 Å². The van der Waals surface area contributed by atoms with E-state index in [9.17, 15) is 14.0 Å². The van der Waals surface area contributed by atoms with Crippen LogP contribution in [0.2, 0.25) is 0 Å². The summed E-state index contributed by atoms with van der Waals surface area (Å²) in [4.78, 5) is 23.8. The van der Waals surface area contributed by atoms with Crippen molar-refractivity contribution >= 4 is 0 Å². The lowest BCUT2D eigenvalue weighted by atomic mass is 10.3. The van der Waals surface area contributed by atoms with Gasteiger partial charge < -0.3 is 17.1 Å². The lowest BCUT2D eigenvalue weighted by molar-refractivity contribution is -0.00000619. The Kier molecular flexibility index (Phi) is 3.65. The van der Waals surface area contributed by atoms with Crippen LogP contribution < -0.4 is 23.7 Å². The maximum Gasteiger partial charge on any atom is 1.00 e. The standard InChI is InChI=1S/C8H9FN2O3.ClH/c9-5-4-11(6-2-1-3-14-6)8(13)10-7(5)12;/h4,6H,1-3H2,(H,10,12,13);1H/t6-;/m1./s1. The molecular formula is C8H10ClFN2O3. The summed E-state index contributed by atoms with van der Waals surface area (Å²) in [5.41, 5.74) is -1.63. The molecule has 0 radical (unpaired) electrons. The van der Waals surface area contributed by atoms with Gasteiger partial charge in [0.05, 0.1) is 6.20 Å². The van der Waals surface area contributed by atoms with E-state index in [0.717, 1.165) is 17.2 Å².